The average molecular weight is 626 g/mol. The fraction of sp³-hybridized carbons (Fsp3) is 0.414. The number of aromatic nitrogens is 4. The first kappa shape index (κ1) is 34.1. The van der Waals surface area contributed by atoms with E-state index in [1.54, 1.807) is 19.1 Å². The first-order chi connectivity index (χ1) is 21.1. The number of nitrogen functional groups attached to an aromatic ring is 1. The Kier molecular flexibility index (Phi) is 10.9. The maximum absolute atomic E-state index is 12.3. The number of amides is 1. The van der Waals surface area contributed by atoms with Gasteiger partial charge in [0, 0.05) is 17.7 Å². The Morgan fingerprint density at radius 1 is 1.09 bits per heavy atom. The number of carboxylic acid groups (broad SMARTS) is 2. The van der Waals surface area contributed by atoms with Gasteiger partial charge in [0.05, 0.1) is 30.3 Å². The number of nitrogens with two attached hydrogens (primary N) is 1. The van der Waals surface area contributed by atoms with Gasteiger partial charge in [0.25, 0.3) is 11.5 Å². The van der Waals surface area contributed by atoms with E-state index in [0.717, 1.165) is 6.42 Å². The highest BCUT2D eigenvalue weighted by molar-refractivity contribution is 5.97. The molecule has 1 aliphatic heterocycles. The summed E-state index contributed by atoms with van der Waals surface area (Å²) < 4.78 is 4.60. The number of nitrogens with one attached hydrogen (secondary N) is 3. The molecule has 0 radical (unpaired) electrons. The zero-order valence-corrected chi connectivity index (χ0v) is 25.1. The fourth-order valence-corrected chi connectivity index (χ4v) is 4.57. The lowest BCUT2D eigenvalue weighted by atomic mass is 9.72. The molecule has 1 aromatic carbocycles. The molecule has 1 fully saturated rings. The average Bonchev–Trinajstić information content (AvgIpc) is 3.25. The molecule has 16 heteroatoms. The molecule has 1 amide bonds. The Hall–Kier alpha value is -5.41. The van der Waals surface area contributed by atoms with Crippen LogP contribution in [0.15, 0.2) is 35.3 Å². The first-order valence-corrected chi connectivity index (χ1v) is 14.0. The molecule has 0 spiro atoms. The van der Waals surface area contributed by atoms with Gasteiger partial charge < -0.3 is 31.3 Å². The number of rotatable bonds is 11. The fourth-order valence-electron chi connectivity index (χ4n) is 4.57. The number of esters is 2. The van der Waals surface area contributed by atoms with E-state index >= 15 is 0 Å². The Bertz CT molecular complexity index is 1650. The molecule has 1 saturated heterocycles. The van der Waals surface area contributed by atoms with Crippen molar-refractivity contribution in [2.75, 3.05) is 11.1 Å². The van der Waals surface area contributed by atoms with Crippen molar-refractivity contribution in [1.29, 1.82) is 0 Å². The molecule has 1 aliphatic rings. The summed E-state index contributed by atoms with van der Waals surface area (Å²) in [4.78, 5) is 83.0. The molecule has 45 heavy (non-hydrogen) atoms. The van der Waals surface area contributed by atoms with Gasteiger partial charge in [-0.25, -0.2) is 14.8 Å². The lowest BCUT2D eigenvalue weighted by Gasteiger charge is -2.28. The van der Waals surface area contributed by atoms with Crippen molar-refractivity contribution in [3.63, 3.8) is 0 Å². The highest BCUT2D eigenvalue weighted by Crippen LogP contribution is 2.40. The predicted octanol–water partition coefficient (Wildman–Crippen LogP) is 1.71. The summed E-state index contributed by atoms with van der Waals surface area (Å²) in [5, 5.41) is 23.2. The van der Waals surface area contributed by atoms with Gasteiger partial charge in [-0.05, 0) is 36.1 Å². The van der Waals surface area contributed by atoms with Gasteiger partial charge in [0.1, 0.15) is 6.04 Å². The summed E-state index contributed by atoms with van der Waals surface area (Å²) in [6.45, 7) is 7.99. The van der Waals surface area contributed by atoms with Crippen LogP contribution in [0.25, 0.3) is 11.2 Å². The van der Waals surface area contributed by atoms with Gasteiger partial charge in [-0.1, -0.05) is 34.1 Å². The number of H-pyrrole nitrogens is 1. The monoisotopic (exact) mass is 625 g/mol. The van der Waals surface area contributed by atoms with Crippen molar-refractivity contribution in [2.45, 2.75) is 59.5 Å². The summed E-state index contributed by atoms with van der Waals surface area (Å²) in [6.07, 6.45) is 1.71. The van der Waals surface area contributed by atoms with Crippen LogP contribution in [-0.4, -0.2) is 66.0 Å². The second-order valence-electron chi connectivity index (χ2n) is 11.1. The van der Waals surface area contributed by atoms with Gasteiger partial charge in [0.15, 0.2) is 11.2 Å². The van der Waals surface area contributed by atoms with E-state index in [0.29, 0.717) is 11.4 Å². The first-order valence-electron chi connectivity index (χ1n) is 14.0. The number of anilines is 2. The summed E-state index contributed by atoms with van der Waals surface area (Å²) in [6, 6.07) is 4.86. The highest BCUT2D eigenvalue weighted by Gasteiger charge is 2.48. The third-order valence-electron chi connectivity index (χ3n) is 7.44. The highest BCUT2D eigenvalue weighted by atomic mass is 16.6. The van der Waals surface area contributed by atoms with Crippen molar-refractivity contribution in [2.24, 2.45) is 17.3 Å². The number of cyclic esters (lactones) is 2. The number of aromatic amines is 1. The van der Waals surface area contributed by atoms with E-state index in [-0.39, 0.29) is 71.3 Å². The molecule has 0 bridgehead atoms. The van der Waals surface area contributed by atoms with Crippen molar-refractivity contribution in [3.05, 3.63) is 52.1 Å². The van der Waals surface area contributed by atoms with E-state index in [2.05, 4.69) is 35.3 Å². The van der Waals surface area contributed by atoms with Crippen LogP contribution in [0.5, 0.6) is 0 Å². The van der Waals surface area contributed by atoms with Gasteiger partial charge in [-0.15, -0.1) is 0 Å². The number of fused-ring (bicyclic) bond motifs is 1. The van der Waals surface area contributed by atoms with Crippen molar-refractivity contribution in [3.8, 4) is 0 Å². The van der Waals surface area contributed by atoms with Gasteiger partial charge in [0.2, 0.25) is 5.95 Å². The van der Waals surface area contributed by atoms with E-state index in [4.69, 9.17) is 15.9 Å². The van der Waals surface area contributed by atoms with Crippen LogP contribution in [0.2, 0.25) is 0 Å². The summed E-state index contributed by atoms with van der Waals surface area (Å²) >= 11 is 0. The van der Waals surface area contributed by atoms with E-state index < -0.39 is 29.4 Å². The molecule has 240 valence electrons. The number of ether oxygens (including phenoxy) is 1. The number of carboxylic acids is 2. The Morgan fingerprint density at radius 2 is 1.76 bits per heavy atom. The molecule has 2 aromatic heterocycles. The summed E-state index contributed by atoms with van der Waals surface area (Å²) in [7, 11) is 0. The molecule has 3 aromatic rings. The number of nitrogens with zero attached hydrogens (tertiary/aromatic N) is 3. The van der Waals surface area contributed by atoms with E-state index in [9.17, 15) is 28.8 Å². The third-order valence-corrected chi connectivity index (χ3v) is 7.44. The molecule has 0 aliphatic carbocycles. The largest absolute Gasteiger partial charge is 0.481 e. The molecular formula is C29H35N7O9. The van der Waals surface area contributed by atoms with Crippen LogP contribution < -0.4 is 21.9 Å². The minimum atomic E-state index is -1.31. The van der Waals surface area contributed by atoms with Crippen LogP contribution >= 0.6 is 0 Å². The van der Waals surface area contributed by atoms with Gasteiger partial charge in [-0.2, -0.15) is 4.98 Å². The number of hydrogen-bond acceptors (Lipinski definition) is 12. The van der Waals surface area contributed by atoms with Crippen LogP contribution in [-0.2, 0) is 30.5 Å². The number of aliphatic carboxylic acids is 2. The van der Waals surface area contributed by atoms with Crippen LogP contribution in [0.1, 0.15) is 63.0 Å². The third kappa shape index (κ3) is 8.81. The van der Waals surface area contributed by atoms with E-state index in [1.807, 2.05) is 20.8 Å². The quantitative estimate of drug-likeness (QED) is 0.131. The molecule has 16 nitrogen and oxygen atoms in total. The minimum Gasteiger partial charge on any atom is -0.481 e. The molecule has 0 saturated carbocycles. The maximum Gasteiger partial charge on any atom is 0.326 e. The zero-order valence-electron chi connectivity index (χ0n) is 25.1. The normalized spacial score (nSPS) is 16.7. The Labute approximate surface area is 256 Å². The van der Waals surface area contributed by atoms with Crippen LogP contribution in [0, 0.1) is 17.3 Å². The van der Waals surface area contributed by atoms with Crippen molar-refractivity contribution in [1.82, 2.24) is 25.3 Å². The molecular weight excluding hydrogens is 590 g/mol. The second kappa shape index (κ2) is 14.4. The predicted molar refractivity (Wildman–Crippen MR) is 160 cm³/mol. The van der Waals surface area contributed by atoms with Crippen LogP contribution in [0.4, 0.5) is 11.6 Å². The van der Waals surface area contributed by atoms with Crippen LogP contribution in [0.3, 0.4) is 0 Å². The molecule has 3 unspecified atom stereocenters. The Morgan fingerprint density at radius 3 is 2.31 bits per heavy atom. The van der Waals surface area contributed by atoms with Gasteiger partial charge in [-0.3, -0.25) is 29.0 Å². The number of carbonyl (C=O) groups excluding carboxylic acids is 3. The number of hydrogen-bond donors (Lipinski definition) is 6. The van der Waals surface area contributed by atoms with Crippen molar-refractivity contribution >= 4 is 52.6 Å². The minimum absolute atomic E-state index is 0.0524. The second-order valence-corrected chi connectivity index (χ2v) is 11.1. The molecule has 7 N–H and O–H groups in total. The van der Waals surface area contributed by atoms with E-state index in [1.165, 1.54) is 18.3 Å². The topological polar surface area (TPSA) is 257 Å². The lowest BCUT2D eigenvalue weighted by molar-refractivity contribution is -0.154. The zero-order chi connectivity index (χ0) is 33.5. The van der Waals surface area contributed by atoms with Crippen molar-refractivity contribution < 1.29 is 38.9 Å². The summed E-state index contributed by atoms with van der Waals surface area (Å²) in [5.41, 5.74) is 6.32. The Balaban J connectivity index is 0.000000355. The standard InChI is InChI=1S/C19H19N7O6.C10H16O3/c20-19-25-15-14(17(30)26-19)23-11(8-22-15)7-21-10-3-1-9(2-4-10)16(29)24-12(18(31)32)5-6-13(27)28;1-5-10(3,4)7-6(2)8(11)13-9(7)12/h1-4,8,12,21H,5-7H2,(H,24,29)(H,27,28)(H,31,32)(H3,20,22,25,26,30);6-7H,5H2,1-4H3. The molecule has 3 atom stereocenters. The number of carbonyl (C=O) groups is 5. The van der Waals surface area contributed by atoms with Gasteiger partial charge >= 0.3 is 23.9 Å². The molecule has 3 heterocycles. The lowest BCUT2D eigenvalue weighted by Crippen LogP contribution is -2.41. The maximum atomic E-state index is 12.3. The summed E-state index contributed by atoms with van der Waals surface area (Å²) in [5.74, 6) is -4.45. The SMILES string of the molecule is CCC(C)(C)C1C(=O)OC(=O)C1C.Nc1nc2ncc(CNc3ccc(C(=O)NC(CCC(=O)O)C(=O)O)cc3)nc2c(=O)[nH]1. The number of benzene rings is 1. The molecule has 4 rings (SSSR count). The smallest absolute Gasteiger partial charge is 0.326 e.